The summed E-state index contributed by atoms with van der Waals surface area (Å²) in [5, 5.41) is 0. The summed E-state index contributed by atoms with van der Waals surface area (Å²) < 4.78 is 4.35. The Hall–Kier alpha value is -0.760. The Balaban J connectivity index is 2.83. The van der Waals surface area contributed by atoms with Crippen LogP contribution < -0.4 is 4.29 Å². The molecule has 0 fully saturated rings. The quantitative estimate of drug-likeness (QED) is 0.575. The third-order valence-corrected chi connectivity index (χ3v) is 0.917. The molecule has 0 aliphatic carbocycles. The van der Waals surface area contributed by atoms with Gasteiger partial charge in [0.05, 0.1) is 0 Å². The maximum Gasteiger partial charge on any atom is 0.149 e. The lowest BCUT2D eigenvalue weighted by molar-refractivity contribution is 0.618. The Morgan fingerprint density at radius 1 is 1.38 bits per heavy atom. The lowest BCUT2D eigenvalue weighted by Gasteiger charge is -1.89. The van der Waals surface area contributed by atoms with Crippen molar-refractivity contribution in [2.24, 2.45) is 0 Å². The van der Waals surface area contributed by atoms with Crippen LogP contribution in [0.3, 0.4) is 0 Å². The van der Waals surface area contributed by atoms with Crippen molar-refractivity contribution in [3.8, 4) is 5.75 Å². The van der Waals surface area contributed by atoms with Crippen molar-refractivity contribution >= 4 is 11.9 Å². The van der Waals surface area contributed by atoms with Crippen LogP contribution in [0.15, 0.2) is 24.5 Å². The van der Waals surface area contributed by atoms with E-state index in [1.165, 1.54) is 0 Å². The van der Waals surface area contributed by atoms with E-state index in [-0.39, 0.29) is 0 Å². The van der Waals surface area contributed by atoms with Crippen molar-refractivity contribution in [3.05, 3.63) is 24.5 Å². The Labute approximate surface area is 52.2 Å². The van der Waals surface area contributed by atoms with Gasteiger partial charge in [0.1, 0.15) is 17.6 Å². The standard InChI is InChI=1S/C5H4ClNO/c6-8-5-1-3-7-4-2-5/h1-4H. The van der Waals surface area contributed by atoms with Crippen LogP contribution in [-0.2, 0) is 0 Å². The smallest absolute Gasteiger partial charge is 0.149 e. The zero-order chi connectivity index (χ0) is 5.82. The zero-order valence-electron chi connectivity index (χ0n) is 4.04. The second-order valence-corrected chi connectivity index (χ2v) is 1.41. The van der Waals surface area contributed by atoms with Gasteiger partial charge in [0.15, 0.2) is 0 Å². The molecule has 1 aromatic rings. The van der Waals surface area contributed by atoms with Crippen LogP contribution in [0.25, 0.3) is 0 Å². The van der Waals surface area contributed by atoms with Gasteiger partial charge in [-0.25, -0.2) is 0 Å². The fourth-order valence-corrected chi connectivity index (χ4v) is 0.493. The van der Waals surface area contributed by atoms with Gasteiger partial charge in [0, 0.05) is 24.5 Å². The highest BCUT2D eigenvalue weighted by molar-refractivity contribution is 6.09. The molecule has 0 aromatic carbocycles. The maximum absolute atomic E-state index is 5.00. The monoisotopic (exact) mass is 129 g/mol. The van der Waals surface area contributed by atoms with Crippen LogP contribution >= 0.6 is 11.9 Å². The normalized spacial score (nSPS) is 8.62. The Morgan fingerprint density at radius 3 is 2.38 bits per heavy atom. The molecule has 0 spiro atoms. The molecule has 0 aliphatic rings. The summed E-state index contributed by atoms with van der Waals surface area (Å²) in [6.45, 7) is 0. The molecule has 0 amide bonds. The first-order chi connectivity index (χ1) is 3.93. The first kappa shape index (κ1) is 5.38. The van der Waals surface area contributed by atoms with E-state index in [9.17, 15) is 0 Å². The summed E-state index contributed by atoms with van der Waals surface area (Å²) >= 11 is 5.00. The first-order valence-electron chi connectivity index (χ1n) is 2.12. The molecule has 0 atom stereocenters. The fraction of sp³-hybridized carbons (Fsp3) is 0. The van der Waals surface area contributed by atoms with E-state index in [2.05, 4.69) is 9.27 Å². The van der Waals surface area contributed by atoms with Gasteiger partial charge in [0.2, 0.25) is 0 Å². The number of nitrogens with zero attached hydrogens (tertiary/aromatic N) is 1. The van der Waals surface area contributed by atoms with Gasteiger partial charge in [-0.1, -0.05) is 0 Å². The number of hydrogen-bond acceptors (Lipinski definition) is 2. The second-order valence-electron chi connectivity index (χ2n) is 1.26. The number of hydrogen-bond donors (Lipinski definition) is 0. The average Bonchev–Trinajstić information content (AvgIpc) is 1.90. The number of aromatic nitrogens is 1. The van der Waals surface area contributed by atoms with Crippen molar-refractivity contribution < 1.29 is 4.29 Å². The van der Waals surface area contributed by atoms with Crippen molar-refractivity contribution in [1.29, 1.82) is 0 Å². The van der Waals surface area contributed by atoms with Crippen LogP contribution in [-0.4, -0.2) is 4.98 Å². The summed E-state index contributed by atoms with van der Waals surface area (Å²) in [5.41, 5.74) is 0. The summed E-state index contributed by atoms with van der Waals surface area (Å²) in [4.78, 5) is 3.75. The van der Waals surface area contributed by atoms with E-state index in [1.54, 1.807) is 24.5 Å². The average molecular weight is 130 g/mol. The van der Waals surface area contributed by atoms with Crippen LogP contribution in [0.4, 0.5) is 0 Å². The van der Waals surface area contributed by atoms with Crippen LogP contribution in [0.5, 0.6) is 5.75 Å². The molecule has 1 heterocycles. The van der Waals surface area contributed by atoms with E-state index < -0.39 is 0 Å². The van der Waals surface area contributed by atoms with Crippen molar-refractivity contribution in [3.63, 3.8) is 0 Å². The SMILES string of the molecule is ClOc1ccncc1. The molecule has 8 heavy (non-hydrogen) atoms. The van der Waals surface area contributed by atoms with Crippen molar-refractivity contribution in [2.75, 3.05) is 0 Å². The number of pyridine rings is 1. The molecule has 0 radical (unpaired) electrons. The van der Waals surface area contributed by atoms with Gasteiger partial charge >= 0.3 is 0 Å². The van der Waals surface area contributed by atoms with Crippen LogP contribution in [0.1, 0.15) is 0 Å². The maximum atomic E-state index is 5.00. The Bertz CT molecular complexity index is 154. The molecule has 0 saturated heterocycles. The van der Waals surface area contributed by atoms with Crippen molar-refractivity contribution in [2.45, 2.75) is 0 Å². The van der Waals surface area contributed by atoms with Gasteiger partial charge in [-0.3, -0.25) is 4.98 Å². The Kier molecular flexibility index (Phi) is 1.70. The lowest BCUT2D eigenvalue weighted by atomic mass is 10.5. The highest BCUT2D eigenvalue weighted by Gasteiger charge is 1.83. The Morgan fingerprint density at radius 2 is 2.00 bits per heavy atom. The highest BCUT2D eigenvalue weighted by Crippen LogP contribution is 2.07. The molecule has 1 rings (SSSR count). The second kappa shape index (κ2) is 2.52. The van der Waals surface area contributed by atoms with Gasteiger partial charge < -0.3 is 4.29 Å². The highest BCUT2D eigenvalue weighted by atomic mass is 35.5. The molecule has 0 N–H and O–H groups in total. The minimum Gasteiger partial charge on any atom is -0.385 e. The van der Waals surface area contributed by atoms with E-state index >= 15 is 0 Å². The molecule has 42 valence electrons. The third kappa shape index (κ3) is 1.10. The summed E-state index contributed by atoms with van der Waals surface area (Å²) in [6.07, 6.45) is 3.22. The molecular formula is C5H4ClNO. The molecular weight excluding hydrogens is 126 g/mol. The zero-order valence-corrected chi connectivity index (χ0v) is 4.80. The molecule has 2 nitrogen and oxygen atoms in total. The lowest BCUT2D eigenvalue weighted by Crippen LogP contribution is -1.72. The molecule has 1 aromatic heterocycles. The summed E-state index contributed by atoms with van der Waals surface area (Å²) in [6, 6.07) is 3.35. The van der Waals surface area contributed by atoms with Crippen LogP contribution in [0.2, 0.25) is 0 Å². The largest absolute Gasteiger partial charge is 0.385 e. The van der Waals surface area contributed by atoms with Gasteiger partial charge in [-0.05, 0) is 0 Å². The third-order valence-electron chi connectivity index (χ3n) is 0.739. The number of halogens is 1. The molecule has 0 unspecified atom stereocenters. The van der Waals surface area contributed by atoms with Gasteiger partial charge in [-0.2, -0.15) is 0 Å². The van der Waals surface area contributed by atoms with E-state index in [4.69, 9.17) is 11.9 Å². The molecule has 0 saturated carbocycles. The van der Waals surface area contributed by atoms with Crippen LogP contribution in [0, 0.1) is 0 Å². The summed E-state index contributed by atoms with van der Waals surface area (Å²) in [5.74, 6) is 0.613. The predicted molar refractivity (Wildman–Crippen MR) is 30.7 cm³/mol. The van der Waals surface area contributed by atoms with E-state index in [0.717, 1.165) is 0 Å². The fourth-order valence-electron chi connectivity index (χ4n) is 0.390. The summed E-state index contributed by atoms with van der Waals surface area (Å²) in [7, 11) is 0. The van der Waals surface area contributed by atoms with E-state index in [1.807, 2.05) is 0 Å². The molecule has 0 bridgehead atoms. The minimum atomic E-state index is 0.613. The van der Waals surface area contributed by atoms with Crippen molar-refractivity contribution in [1.82, 2.24) is 4.98 Å². The minimum absolute atomic E-state index is 0.613. The van der Waals surface area contributed by atoms with E-state index in [0.29, 0.717) is 5.75 Å². The predicted octanol–water partition coefficient (Wildman–Crippen LogP) is 1.61. The molecule has 3 heteroatoms. The first-order valence-corrected chi connectivity index (χ1v) is 2.43. The molecule has 0 aliphatic heterocycles. The topological polar surface area (TPSA) is 22.1 Å². The van der Waals surface area contributed by atoms with Gasteiger partial charge in [0.25, 0.3) is 0 Å². The van der Waals surface area contributed by atoms with Gasteiger partial charge in [-0.15, -0.1) is 0 Å². The number of rotatable bonds is 1.